The van der Waals surface area contributed by atoms with Crippen molar-refractivity contribution in [2.75, 3.05) is 13.1 Å². The summed E-state index contributed by atoms with van der Waals surface area (Å²) >= 11 is 3.50. The number of halogens is 1. The van der Waals surface area contributed by atoms with Crippen molar-refractivity contribution in [1.29, 1.82) is 15.8 Å². The Bertz CT molecular complexity index is 940. The molecule has 0 bridgehead atoms. The molecule has 1 heterocycles. The van der Waals surface area contributed by atoms with E-state index in [2.05, 4.69) is 52.9 Å². The van der Waals surface area contributed by atoms with Crippen LogP contribution in [0.5, 0.6) is 0 Å². The fourth-order valence-electron chi connectivity index (χ4n) is 4.16. The standard InChI is InChI=1S/C21H20BrN5/c1-13(2)27-7-6-18-17(10-27)19(14-4-3-5-15(22)8-14)16(9-23)20(26)21(18,11-24)12-25/h3-6,8,13,17,19H,7,10,26H2,1-2H3. The number of nitrogens with two attached hydrogens (primary N) is 1. The molecule has 0 amide bonds. The van der Waals surface area contributed by atoms with E-state index < -0.39 is 5.41 Å². The molecule has 2 N–H and O–H groups in total. The van der Waals surface area contributed by atoms with Crippen molar-refractivity contribution < 1.29 is 0 Å². The number of rotatable bonds is 2. The van der Waals surface area contributed by atoms with Crippen molar-refractivity contribution in [3.8, 4) is 18.2 Å². The van der Waals surface area contributed by atoms with Crippen LogP contribution in [-0.4, -0.2) is 24.0 Å². The molecule has 0 saturated carbocycles. The molecule has 2 aliphatic rings. The van der Waals surface area contributed by atoms with Crippen molar-refractivity contribution in [2.45, 2.75) is 25.8 Å². The summed E-state index contributed by atoms with van der Waals surface area (Å²) in [5, 5.41) is 29.7. The highest BCUT2D eigenvalue weighted by atomic mass is 79.9. The molecule has 2 unspecified atom stereocenters. The minimum absolute atomic E-state index is 0.0699. The molecular formula is C21H20BrN5. The number of fused-ring (bicyclic) bond motifs is 1. The van der Waals surface area contributed by atoms with E-state index in [1.807, 2.05) is 30.3 Å². The van der Waals surface area contributed by atoms with Gasteiger partial charge in [0.1, 0.15) is 0 Å². The van der Waals surface area contributed by atoms with Gasteiger partial charge >= 0.3 is 0 Å². The van der Waals surface area contributed by atoms with Crippen LogP contribution in [0.1, 0.15) is 25.3 Å². The van der Waals surface area contributed by atoms with E-state index >= 15 is 0 Å². The fraction of sp³-hybridized carbons (Fsp3) is 0.381. The third-order valence-corrected chi connectivity index (χ3v) is 6.10. The number of hydrogen-bond donors (Lipinski definition) is 1. The molecule has 0 spiro atoms. The number of allylic oxidation sites excluding steroid dienone is 2. The number of hydrogen-bond acceptors (Lipinski definition) is 5. The lowest BCUT2D eigenvalue weighted by atomic mass is 9.60. The molecule has 3 rings (SSSR count). The molecule has 1 aromatic carbocycles. The Labute approximate surface area is 168 Å². The molecule has 0 fully saturated rings. The van der Waals surface area contributed by atoms with Gasteiger partial charge in [-0.2, -0.15) is 15.8 Å². The van der Waals surface area contributed by atoms with Crippen LogP contribution in [0, 0.1) is 45.3 Å². The lowest BCUT2D eigenvalue weighted by Gasteiger charge is -2.46. The maximum absolute atomic E-state index is 9.90. The summed E-state index contributed by atoms with van der Waals surface area (Å²) in [5.41, 5.74) is 6.81. The first kappa shape index (κ1) is 19.2. The van der Waals surface area contributed by atoms with E-state index in [0.29, 0.717) is 24.7 Å². The van der Waals surface area contributed by atoms with E-state index in [1.165, 1.54) is 0 Å². The molecular weight excluding hydrogens is 402 g/mol. The van der Waals surface area contributed by atoms with Gasteiger partial charge in [-0.1, -0.05) is 34.1 Å². The molecule has 27 heavy (non-hydrogen) atoms. The summed E-state index contributed by atoms with van der Waals surface area (Å²) < 4.78 is 0.912. The topological polar surface area (TPSA) is 101 Å². The minimum Gasteiger partial charge on any atom is -0.399 e. The minimum atomic E-state index is -1.57. The Morgan fingerprint density at radius 1 is 1.26 bits per heavy atom. The van der Waals surface area contributed by atoms with Crippen molar-refractivity contribution in [2.24, 2.45) is 17.1 Å². The van der Waals surface area contributed by atoms with Crippen LogP contribution in [0.15, 0.2) is 51.7 Å². The summed E-state index contributed by atoms with van der Waals surface area (Å²) in [6.45, 7) is 5.57. The molecule has 1 aromatic rings. The quantitative estimate of drug-likeness (QED) is 0.735. The zero-order chi connectivity index (χ0) is 19.8. The van der Waals surface area contributed by atoms with Crippen LogP contribution in [0.2, 0.25) is 0 Å². The molecule has 2 atom stereocenters. The van der Waals surface area contributed by atoms with Gasteiger partial charge in [0.15, 0.2) is 0 Å². The molecule has 0 radical (unpaired) electrons. The highest BCUT2D eigenvalue weighted by Gasteiger charge is 2.52. The van der Waals surface area contributed by atoms with Crippen LogP contribution in [0.4, 0.5) is 0 Å². The molecule has 136 valence electrons. The second kappa shape index (κ2) is 7.20. The van der Waals surface area contributed by atoms with E-state index in [-0.39, 0.29) is 17.5 Å². The van der Waals surface area contributed by atoms with Crippen molar-refractivity contribution in [1.82, 2.24) is 4.90 Å². The van der Waals surface area contributed by atoms with Gasteiger partial charge in [-0.05, 0) is 37.1 Å². The highest BCUT2D eigenvalue weighted by molar-refractivity contribution is 9.10. The summed E-state index contributed by atoms with van der Waals surface area (Å²) in [5.74, 6) is -0.438. The monoisotopic (exact) mass is 421 g/mol. The van der Waals surface area contributed by atoms with Crippen molar-refractivity contribution >= 4 is 15.9 Å². The van der Waals surface area contributed by atoms with Crippen LogP contribution < -0.4 is 5.73 Å². The van der Waals surface area contributed by atoms with Gasteiger partial charge in [-0.3, -0.25) is 4.90 Å². The normalized spacial score (nSPS) is 24.4. The van der Waals surface area contributed by atoms with Gasteiger partial charge in [0.2, 0.25) is 5.41 Å². The second-order valence-corrected chi connectivity index (χ2v) is 8.17. The number of nitriles is 3. The smallest absolute Gasteiger partial charge is 0.204 e. The number of benzene rings is 1. The summed E-state index contributed by atoms with van der Waals surface area (Å²) in [6.07, 6.45) is 1.96. The van der Waals surface area contributed by atoms with E-state index in [9.17, 15) is 15.8 Å². The molecule has 5 nitrogen and oxygen atoms in total. The van der Waals surface area contributed by atoms with E-state index in [0.717, 1.165) is 15.6 Å². The largest absolute Gasteiger partial charge is 0.399 e. The highest BCUT2D eigenvalue weighted by Crippen LogP contribution is 2.53. The van der Waals surface area contributed by atoms with Crippen LogP contribution in [-0.2, 0) is 0 Å². The predicted molar refractivity (Wildman–Crippen MR) is 106 cm³/mol. The van der Waals surface area contributed by atoms with Gasteiger partial charge in [-0.15, -0.1) is 0 Å². The predicted octanol–water partition coefficient (Wildman–Crippen LogP) is 3.58. The zero-order valence-corrected chi connectivity index (χ0v) is 16.9. The molecule has 0 aromatic heterocycles. The molecule has 0 saturated heterocycles. The molecule has 1 aliphatic carbocycles. The summed E-state index contributed by atoms with van der Waals surface area (Å²) in [6, 6.07) is 14.6. The first-order valence-electron chi connectivity index (χ1n) is 8.82. The van der Waals surface area contributed by atoms with E-state index in [1.54, 1.807) is 0 Å². The summed E-state index contributed by atoms with van der Waals surface area (Å²) in [4.78, 5) is 2.29. The van der Waals surface area contributed by atoms with Gasteiger partial charge in [0.25, 0.3) is 0 Å². The maximum atomic E-state index is 9.90. The second-order valence-electron chi connectivity index (χ2n) is 7.26. The zero-order valence-electron chi connectivity index (χ0n) is 15.3. The van der Waals surface area contributed by atoms with Gasteiger partial charge < -0.3 is 5.73 Å². The van der Waals surface area contributed by atoms with Gasteiger partial charge in [0, 0.05) is 35.4 Å². The Balaban J connectivity index is 2.29. The van der Waals surface area contributed by atoms with Crippen molar-refractivity contribution in [3.05, 3.63) is 57.2 Å². The molecule has 6 heteroatoms. The first-order valence-corrected chi connectivity index (χ1v) is 9.61. The van der Waals surface area contributed by atoms with Crippen LogP contribution in [0.25, 0.3) is 0 Å². The SMILES string of the molecule is CC(C)N1CC=C2C(C1)C(c1cccc(Br)c1)C(C#N)=C(N)C2(C#N)C#N. The Morgan fingerprint density at radius 3 is 2.52 bits per heavy atom. The average molecular weight is 422 g/mol. The van der Waals surface area contributed by atoms with E-state index in [4.69, 9.17) is 5.73 Å². The third-order valence-electron chi connectivity index (χ3n) is 5.61. The van der Waals surface area contributed by atoms with Gasteiger partial charge in [-0.25, -0.2) is 0 Å². The average Bonchev–Trinajstić information content (AvgIpc) is 2.67. The third kappa shape index (κ3) is 2.94. The number of nitrogens with zero attached hydrogens (tertiary/aromatic N) is 4. The van der Waals surface area contributed by atoms with Crippen LogP contribution >= 0.6 is 15.9 Å². The summed E-state index contributed by atoms with van der Waals surface area (Å²) in [7, 11) is 0. The lowest BCUT2D eigenvalue weighted by Crippen LogP contribution is -2.48. The Hall–Kier alpha value is -2.59. The fourth-order valence-corrected chi connectivity index (χ4v) is 4.58. The van der Waals surface area contributed by atoms with Crippen molar-refractivity contribution in [3.63, 3.8) is 0 Å². The Kier molecular flexibility index (Phi) is 5.11. The molecule has 1 aliphatic heterocycles. The lowest BCUT2D eigenvalue weighted by molar-refractivity contribution is 0.186. The maximum Gasteiger partial charge on any atom is 0.204 e. The van der Waals surface area contributed by atoms with Crippen LogP contribution in [0.3, 0.4) is 0 Å². The van der Waals surface area contributed by atoms with Gasteiger partial charge in [0.05, 0.1) is 29.5 Å². The first-order chi connectivity index (χ1) is 12.9. The Morgan fingerprint density at radius 2 is 1.96 bits per heavy atom.